The Labute approximate surface area is 109 Å². The van der Waals surface area contributed by atoms with E-state index in [0.29, 0.717) is 11.5 Å². The van der Waals surface area contributed by atoms with Crippen molar-refractivity contribution in [3.05, 3.63) is 41.7 Å². The van der Waals surface area contributed by atoms with Crippen molar-refractivity contribution in [2.24, 2.45) is 7.05 Å². The molecule has 0 aliphatic heterocycles. The summed E-state index contributed by atoms with van der Waals surface area (Å²) < 4.78 is 39.8. The third-order valence-corrected chi connectivity index (χ3v) is 3.10. The minimum Gasteiger partial charge on any atom is -0.263 e. The fourth-order valence-corrected chi connectivity index (χ4v) is 2.03. The largest absolute Gasteiger partial charge is 0.433 e. The Morgan fingerprint density at radius 1 is 1.11 bits per heavy atom. The van der Waals surface area contributed by atoms with Crippen molar-refractivity contribution in [2.45, 2.75) is 25.9 Å². The van der Waals surface area contributed by atoms with Gasteiger partial charge in [-0.25, -0.2) is 0 Å². The molecule has 0 amide bonds. The predicted octanol–water partition coefficient (Wildman–Crippen LogP) is 4.23. The van der Waals surface area contributed by atoms with E-state index >= 15 is 0 Å². The molecule has 0 bridgehead atoms. The van der Waals surface area contributed by atoms with E-state index in [1.807, 2.05) is 26.0 Å². The highest BCUT2D eigenvalue weighted by Gasteiger charge is 2.37. The topological polar surface area (TPSA) is 17.8 Å². The molecule has 5 heteroatoms. The van der Waals surface area contributed by atoms with E-state index in [9.17, 15) is 13.2 Å². The normalized spacial score (nSPS) is 12.2. The maximum Gasteiger partial charge on any atom is 0.433 e. The number of halogens is 3. The molecule has 0 saturated heterocycles. The molecule has 0 fully saturated rings. The minimum atomic E-state index is -4.41. The van der Waals surface area contributed by atoms with Gasteiger partial charge in [-0.3, -0.25) is 4.68 Å². The van der Waals surface area contributed by atoms with Gasteiger partial charge in [-0.05, 0) is 17.0 Å². The van der Waals surface area contributed by atoms with E-state index in [0.717, 1.165) is 10.2 Å². The van der Waals surface area contributed by atoms with E-state index in [4.69, 9.17) is 0 Å². The van der Waals surface area contributed by atoms with Gasteiger partial charge in [0.25, 0.3) is 0 Å². The van der Waals surface area contributed by atoms with Crippen LogP contribution in [0, 0.1) is 0 Å². The molecule has 102 valence electrons. The van der Waals surface area contributed by atoms with Crippen molar-refractivity contribution in [3.63, 3.8) is 0 Å². The summed E-state index contributed by atoms with van der Waals surface area (Å²) in [6.45, 7) is 4.08. The molecular formula is C14H15F3N2. The summed E-state index contributed by atoms with van der Waals surface area (Å²) in [5.74, 6) is 0.352. The first kappa shape index (κ1) is 13.6. The Morgan fingerprint density at radius 3 is 2.16 bits per heavy atom. The lowest BCUT2D eigenvalue weighted by Crippen LogP contribution is -2.13. The Kier molecular flexibility index (Phi) is 3.39. The zero-order chi connectivity index (χ0) is 14.2. The zero-order valence-corrected chi connectivity index (χ0v) is 11.0. The third-order valence-electron chi connectivity index (χ3n) is 3.10. The van der Waals surface area contributed by atoms with Gasteiger partial charge >= 0.3 is 6.18 Å². The van der Waals surface area contributed by atoms with Gasteiger partial charge in [0.15, 0.2) is 0 Å². The van der Waals surface area contributed by atoms with Gasteiger partial charge in [-0.2, -0.15) is 18.3 Å². The summed E-state index contributed by atoms with van der Waals surface area (Å²) in [4.78, 5) is 0. The van der Waals surface area contributed by atoms with Crippen LogP contribution in [0.3, 0.4) is 0 Å². The molecule has 0 unspecified atom stereocenters. The molecule has 0 atom stereocenters. The molecule has 0 spiro atoms. The maximum absolute atomic E-state index is 13.0. The molecule has 2 rings (SSSR count). The van der Waals surface area contributed by atoms with E-state index in [1.165, 1.54) is 13.2 Å². The average Bonchev–Trinajstić information content (AvgIpc) is 2.71. The van der Waals surface area contributed by atoms with E-state index in [2.05, 4.69) is 5.10 Å². The summed E-state index contributed by atoms with van der Waals surface area (Å²) >= 11 is 0. The van der Waals surface area contributed by atoms with E-state index in [-0.39, 0.29) is 5.56 Å². The number of alkyl halides is 3. The quantitative estimate of drug-likeness (QED) is 0.797. The predicted molar refractivity (Wildman–Crippen MR) is 67.7 cm³/mol. The molecule has 0 aliphatic carbocycles. The Balaban J connectivity index is 2.48. The van der Waals surface area contributed by atoms with Gasteiger partial charge in [0.2, 0.25) is 0 Å². The van der Waals surface area contributed by atoms with Crippen LogP contribution >= 0.6 is 0 Å². The molecular weight excluding hydrogens is 253 g/mol. The third kappa shape index (κ3) is 2.64. The molecule has 0 radical (unpaired) electrons. The average molecular weight is 268 g/mol. The number of rotatable bonds is 2. The molecule has 1 aromatic heterocycles. The SMILES string of the molecule is CC(C)c1ccc(-c2cnn(C)c2C(F)(F)F)cc1. The van der Waals surface area contributed by atoms with Crippen molar-refractivity contribution in [2.75, 3.05) is 0 Å². The fourth-order valence-electron chi connectivity index (χ4n) is 2.03. The van der Waals surface area contributed by atoms with Gasteiger partial charge in [0.1, 0.15) is 5.69 Å². The van der Waals surface area contributed by atoms with Crippen LogP contribution < -0.4 is 0 Å². The van der Waals surface area contributed by atoms with Crippen LogP contribution in [0.1, 0.15) is 31.0 Å². The first-order valence-electron chi connectivity index (χ1n) is 6.00. The van der Waals surface area contributed by atoms with Gasteiger partial charge in [0, 0.05) is 12.6 Å². The van der Waals surface area contributed by atoms with Crippen molar-refractivity contribution in [1.29, 1.82) is 0 Å². The monoisotopic (exact) mass is 268 g/mol. The highest BCUT2D eigenvalue weighted by Crippen LogP contribution is 2.36. The van der Waals surface area contributed by atoms with Crippen LogP contribution in [0.25, 0.3) is 11.1 Å². The van der Waals surface area contributed by atoms with Crippen molar-refractivity contribution >= 4 is 0 Å². The molecule has 0 saturated carbocycles. The first-order valence-corrected chi connectivity index (χ1v) is 6.00. The number of benzene rings is 1. The molecule has 1 aromatic carbocycles. The molecule has 1 heterocycles. The number of hydrogen-bond acceptors (Lipinski definition) is 1. The zero-order valence-electron chi connectivity index (χ0n) is 11.0. The highest BCUT2D eigenvalue weighted by atomic mass is 19.4. The number of aryl methyl sites for hydroxylation is 1. The number of hydrogen-bond donors (Lipinski definition) is 0. The smallest absolute Gasteiger partial charge is 0.263 e. The molecule has 2 aromatic rings. The maximum atomic E-state index is 13.0. The standard InChI is InChI=1S/C14H15F3N2/c1-9(2)10-4-6-11(7-5-10)12-8-18-19(3)13(12)14(15,16)17/h4-9H,1-3H3. The van der Waals surface area contributed by atoms with Crippen LogP contribution in [-0.4, -0.2) is 9.78 Å². The number of nitrogens with zero attached hydrogens (tertiary/aromatic N) is 2. The summed E-state index contributed by atoms with van der Waals surface area (Å²) in [5, 5.41) is 3.71. The summed E-state index contributed by atoms with van der Waals surface area (Å²) in [6, 6.07) is 7.13. The lowest BCUT2D eigenvalue weighted by Gasteiger charge is -2.11. The summed E-state index contributed by atoms with van der Waals surface area (Å²) in [6.07, 6.45) is -3.15. The molecule has 19 heavy (non-hydrogen) atoms. The van der Waals surface area contributed by atoms with Gasteiger partial charge in [-0.1, -0.05) is 38.1 Å². The lowest BCUT2D eigenvalue weighted by molar-refractivity contribution is -0.143. The molecule has 2 nitrogen and oxygen atoms in total. The van der Waals surface area contributed by atoms with Crippen LogP contribution in [0.5, 0.6) is 0 Å². The van der Waals surface area contributed by atoms with Crippen LogP contribution in [0.15, 0.2) is 30.5 Å². The summed E-state index contributed by atoms with van der Waals surface area (Å²) in [7, 11) is 1.30. The Hall–Kier alpha value is -1.78. The van der Waals surface area contributed by atoms with Gasteiger partial charge < -0.3 is 0 Å². The van der Waals surface area contributed by atoms with Crippen molar-refractivity contribution < 1.29 is 13.2 Å². The van der Waals surface area contributed by atoms with Gasteiger partial charge in [-0.15, -0.1) is 0 Å². The van der Waals surface area contributed by atoms with Crippen LogP contribution in [0.4, 0.5) is 13.2 Å². The highest BCUT2D eigenvalue weighted by molar-refractivity contribution is 5.66. The number of aromatic nitrogens is 2. The van der Waals surface area contributed by atoms with Crippen molar-refractivity contribution in [1.82, 2.24) is 9.78 Å². The van der Waals surface area contributed by atoms with Gasteiger partial charge in [0.05, 0.1) is 6.20 Å². The minimum absolute atomic E-state index is 0.116. The van der Waals surface area contributed by atoms with E-state index in [1.54, 1.807) is 12.1 Å². The Bertz CT molecular complexity index is 565. The second-order valence-corrected chi connectivity index (χ2v) is 4.80. The van der Waals surface area contributed by atoms with E-state index < -0.39 is 11.9 Å². The summed E-state index contributed by atoms with van der Waals surface area (Å²) in [5.41, 5.74) is 1.03. The Morgan fingerprint density at radius 2 is 1.68 bits per heavy atom. The van der Waals surface area contributed by atoms with Crippen LogP contribution in [0.2, 0.25) is 0 Å². The molecule has 0 aliphatic rings. The first-order chi connectivity index (χ1) is 8.80. The fraction of sp³-hybridized carbons (Fsp3) is 0.357. The lowest BCUT2D eigenvalue weighted by atomic mass is 9.99. The molecule has 0 N–H and O–H groups in total. The second kappa shape index (κ2) is 4.72. The second-order valence-electron chi connectivity index (χ2n) is 4.80. The van der Waals surface area contributed by atoms with Crippen molar-refractivity contribution in [3.8, 4) is 11.1 Å². The van der Waals surface area contributed by atoms with Crippen LogP contribution in [-0.2, 0) is 13.2 Å².